The lowest BCUT2D eigenvalue weighted by Crippen LogP contribution is -2.16. The number of amides is 1. The van der Waals surface area contributed by atoms with Crippen molar-refractivity contribution in [1.29, 1.82) is 0 Å². The predicted molar refractivity (Wildman–Crippen MR) is 78.7 cm³/mol. The van der Waals surface area contributed by atoms with Crippen molar-refractivity contribution in [3.63, 3.8) is 0 Å². The molecule has 0 radical (unpaired) electrons. The van der Waals surface area contributed by atoms with Crippen LogP contribution in [0.3, 0.4) is 0 Å². The van der Waals surface area contributed by atoms with Crippen LogP contribution in [0.1, 0.15) is 16.2 Å². The van der Waals surface area contributed by atoms with Gasteiger partial charge < -0.3 is 9.95 Å². The van der Waals surface area contributed by atoms with Crippen molar-refractivity contribution < 1.29 is 9.32 Å². The van der Waals surface area contributed by atoms with Crippen LogP contribution in [0.4, 0.5) is 11.7 Å². The topological polar surface area (TPSA) is 106 Å². The molecule has 0 aliphatic carbocycles. The molecule has 0 bridgehead atoms. The number of nitrogens with one attached hydrogen (secondary N) is 2. The van der Waals surface area contributed by atoms with Gasteiger partial charge in [-0.25, -0.2) is 10.8 Å². The summed E-state index contributed by atoms with van der Waals surface area (Å²) in [7, 11) is 0. The van der Waals surface area contributed by atoms with Gasteiger partial charge in [0.2, 0.25) is 5.88 Å². The zero-order chi connectivity index (χ0) is 14.8. The normalized spacial score (nSPS) is 10.6. The van der Waals surface area contributed by atoms with E-state index in [0.717, 1.165) is 10.8 Å². The number of benzene rings is 1. The third-order valence-corrected chi connectivity index (χ3v) is 2.97. The summed E-state index contributed by atoms with van der Waals surface area (Å²) in [4.78, 5) is 16.4. The Labute approximate surface area is 120 Å². The minimum Gasteiger partial charge on any atom is -0.338 e. The summed E-state index contributed by atoms with van der Waals surface area (Å²) in [5, 5.41) is 8.00. The van der Waals surface area contributed by atoms with Crippen LogP contribution in [0.2, 0.25) is 0 Å². The van der Waals surface area contributed by atoms with Crippen molar-refractivity contribution in [1.82, 2.24) is 10.1 Å². The van der Waals surface area contributed by atoms with Crippen molar-refractivity contribution in [2.24, 2.45) is 5.84 Å². The van der Waals surface area contributed by atoms with E-state index in [2.05, 4.69) is 20.9 Å². The van der Waals surface area contributed by atoms with Crippen molar-refractivity contribution in [2.45, 2.75) is 6.92 Å². The molecule has 7 nitrogen and oxygen atoms in total. The summed E-state index contributed by atoms with van der Waals surface area (Å²) >= 11 is 0. The molecule has 2 heterocycles. The average molecular weight is 283 g/mol. The van der Waals surface area contributed by atoms with Gasteiger partial charge in [-0.05, 0) is 18.4 Å². The zero-order valence-electron chi connectivity index (χ0n) is 11.3. The fraction of sp³-hybridized carbons (Fsp3) is 0.0714. The largest absolute Gasteiger partial charge is 0.338 e. The Morgan fingerprint density at radius 1 is 1.29 bits per heavy atom. The highest BCUT2D eigenvalue weighted by Gasteiger charge is 2.13. The highest BCUT2D eigenvalue weighted by Crippen LogP contribution is 2.22. The zero-order valence-corrected chi connectivity index (χ0v) is 11.3. The molecule has 4 N–H and O–H groups in total. The number of carbonyl (C=O) groups excluding carboxylic acids is 1. The lowest BCUT2D eigenvalue weighted by molar-refractivity contribution is 0.101. The number of nitrogens with zero attached hydrogens (tertiary/aromatic N) is 2. The summed E-state index contributed by atoms with van der Waals surface area (Å²) in [5.41, 5.74) is 3.42. The quantitative estimate of drug-likeness (QED) is 0.502. The van der Waals surface area contributed by atoms with Gasteiger partial charge in [-0.2, -0.15) is 0 Å². The maximum absolute atomic E-state index is 12.2. The van der Waals surface area contributed by atoms with E-state index in [-0.39, 0.29) is 11.6 Å². The van der Waals surface area contributed by atoms with Gasteiger partial charge in [0.05, 0.1) is 5.69 Å². The standard InChI is InChI=1S/C14H13N5O2/c1-8-6-12(21-19-8)17-14(20)11-7-9-4-2-3-5-10(9)13(16-11)18-15/h2-7H,15H2,1H3,(H,16,18)(H,17,20). The molecule has 0 aliphatic heterocycles. The lowest BCUT2D eigenvalue weighted by atomic mass is 10.1. The number of fused-ring (bicyclic) bond motifs is 1. The minimum atomic E-state index is -0.395. The van der Waals surface area contributed by atoms with Crippen LogP contribution in [0.25, 0.3) is 10.8 Å². The van der Waals surface area contributed by atoms with Gasteiger partial charge >= 0.3 is 0 Å². The van der Waals surface area contributed by atoms with E-state index in [1.54, 1.807) is 19.1 Å². The van der Waals surface area contributed by atoms with Crippen LogP contribution in [0.5, 0.6) is 0 Å². The van der Waals surface area contributed by atoms with Gasteiger partial charge in [-0.3, -0.25) is 10.1 Å². The molecule has 0 saturated carbocycles. The predicted octanol–water partition coefficient (Wildman–Crippen LogP) is 2.07. The van der Waals surface area contributed by atoms with Gasteiger partial charge in [0.1, 0.15) is 11.5 Å². The van der Waals surface area contributed by atoms with E-state index in [0.29, 0.717) is 11.5 Å². The monoisotopic (exact) mass is 283 g/mol. The number of hydrogen-bond donors (Lipinski definition) is 3. The number of aromatic nitrogens is 2. The van der Waals surface area contributed by atoms with Crippen molar-refractivity contribution in [2.75, 3.05) is 10.7 Å². The second kappa shape index (κ2) is 5.22. The van der Waals surface area contributed by atoms with Crippen LogP contribution in [0, 0.1) is 6.92 Å². The summed E-state index contributed by atoms with van der Waals surface area (Å²) in [6.07, 6.45) is 0. The number of nitrogen functional groups attached to an aromatic ring is 1. The third-order valence-electron chi connectivity index (χ3n) is 2.97. The fourth-order valence-electron chi connectivity index (χ4n) is 2.02. The van der Waals surface area contributed by atoms with E-state index in [9.17, 15) is 4.79 Å². The molecule has 0 fully saturated rings. The first-order valence-electron chi connectivity index (χ1n) is 6.28. The first-order chi connectivity index (χ1) is 10.2. The van der Waals surface area contributed by atoms with Crippen LogP contribution >= 0.6 is 0 Å². The fourth-order valence-corrected chi connectivity index (χ4v) is 2.02. The van der Waals surface area contributed by atoms with E-state index >= 15 is 0 Å². The van der Waals surface area contributed by atoms with Gasteiger partial charge in [0.15, 0.2) is 0 Å². The van der Waals surface area contributed by atoms with Crippen LogP contribution in [-0.4, -0.2) is 16.0 Å². The number of anilines is 2. The Hall–Kier alpha value is -2.93. The van der Waals surface area contributed by atoms with E-state index in [1.807, 2.05) is 24.3 Å². The highest BCUT2D eigenvalue weighted by atomic mass is 16.5. The lowest BCUT2D eigenvalue weighted by Gasteiger charge is -2.08. The number of hydrazine groups is 1. The number of pyridine rings is 1. The summed E-state index contributed by atoms with van der Waals surface area (Å²) < 4.78 is 4.95. The number of carbonyl (C=O) groups is 1. The molecule has 1 aromatic carbocycles. The molecule has 0 unspecified atom stereocenters. The molecule has 3 aromatic rings. The molecule has 0 saturated heterocycles. The third kappa shape index (κ3) is 2.54. The Balaban J connectivity index is 1.98. The molecular weight excluding hydrogens is 270 g/mol. The van der Waals surface area contributed by atoms with Crippen molar-refractivity contribution in [3.8, 4) is 0 Å². The SMILES string of the molecule is Cc1cc(NC(=O)c2cc3ccccc3c(NN)n2)on1. The van der Waals surface area contributed by atoms with Crippen molar-refractivity contribution >= 4 is 28.4 Å². The summed E-state index contributed by atoms with van der Waals surface area (Å²) in [6, 6.07) is 10.8. The Morgan fingerprint density at radius 2 is 2.10 bits per heavy atom. The number of hydrogen-bond acceptors (Lipinski definition) is 6. The first kappa shape index (κ1) is 13.1. The van der Waals surface area contributed by atoms with Crippen LogP contribution in [0.15, 0.2) is 40.9 Å². The van der Waals surface area contributed by atoms with Gasteiger partial charge in [-0.1, -0.05) is 29.4 Å². The van der Waals surface area contributed by atoms with Gasteiger partial charge in [0.25, 0.3) is 5.91 Å². The molecule has 0 aliphatic rings. The maximum atomic E-state index is 12.2. The summed E-state index contributed by atoms with van der Waals surface area (Å²) in [5.74, 6) is 5.78. The van der Waals surface area contributed by atoms with Gasteiger partial charge in [-0.15, -0.1) is 0 Å². The Kier molecular flexibility index (Phi) is 3.25. The van der Waals surface area contributed by atoms with Crippen LogP contribution in [-0.2, 0) is 0 Å². The van der Waals surface area contributed by atoms with Crippen molar-refractivity contribution in [3.05, 3.63) is 47.8 Å². The molecular formula is C14H13N5O2. The van der Waals surface area contributed by atoms with E-state index in [1.165, 1.54) is 0 Å². The molecule has 3 rings (SSSR count). The molecule has 21 heavy (non-hydrogen) atoms. The van der Waals surface area contributed by atoms with Gasteiger partial charge in [0, 0.05) is 11.5 Å². The van der Waals surface area contributed by atoms with E-state index in [4.69, 9.17) is 10.4 Å². The number of rotatable bonds is 3. The average Bonchev–Trinajstić information content (AvgIpc) is 2.91. The number of nitrogens with two attached hydrogens (primary N) is 1. The molecule has 0 atom stereocenters. The Morgan fingerprint density at radius 3 is 2.81 bits per heavy atom. The van der Waals surface area contributed by atoms with Crippen LogP contribution < -0.4 is 16.6 Å². The second-order valence-electron chi connectivity index (χ2n) is 4.51. The summed E-state index contributed by atoms with van der Waals surface area (Å²) in [6.45, 7) is 1.77. The molecule has 106 valence electrons. The first-order valence-corrected chi connectivity index (χ1v) is 6.28. The second-order valence-corrected chi connectivity index (χ2v) is 4.51. The smallest absolute Gasteiger partial charge is 0.276 e. The number of aryl methyl sites for hydroxylation is 1. The highest BCUT2D eigenvalue weighted by molar-refractivity contribution is 6.05. The molecule has 7 heteroatoms. The Bertz CT molecular complexity index is 812. The molecule has 2 aromatic heterocycles. The molecule has 0 spiro atoms. The van der Waals surface area contributed by atoms with E-state index < -0.39 is 5.91 Å². The molecule has 1 amide bonds. The minimum absolute atomic E-state index is 0.232. The maximum Gasteiger partial charge on any atom is 0.276 e.